The van der Waals surface area contributed by atoms with Gasteiger partial charge in [0.2, 0.25) is 0 Å². The molecule has 104 valence electrons. The highest BCUT2D eigenvalue weighted by atomic mass is 35.5. The number of piperidine rings is 1. The van der Waals surface area contributed by atoms with Crippen molar-refractivity contribution < 1.29 is 14.3 Å². The number of carboxylic acids is 1. The first-order chi connectivity index (χ1) is 8.94. The lowest BCUT2D eigenvalue weighted by Gasteiger charge is -2.34. The molecule has 1 aromatic rings. The van der Waals surface area contributed by atoms with E-state index in [0.717, 1.165) is 12.1 Å². The van der Waals surface area contributed by atoms with Crippen molar-refractivity contribution in [2.24, 2.45) is 11.8 Å². The van der Waals surface area contributed by atoms with E-state index in [2.05, 4.69) is 4.90 Å². The fraction of sp³-hybridized carbons (Fsp3) is 0.500. The SMILES string of the molecule is CC1CC(C(=O)O)CN(Cc2cc(F)cc(Cl)c2)C1. The van der Waals surface area contributed by atoms with Gasteiger partial charge in [-0.15, -0.1) is 0 Å². The molecule has 0 amide bonds. The van der Waals surface area contributed by atoms with E-state index >= 15 is 0 Å². The van der Waals surface area contributed by atoms with Crippen LogP contribution in [0.25, 0.3) is 0 Å². The van der Waals surface area contributed by atoms with Gasteiger partial charge >= 0.3 is 5.97 Å². The number of rotatable bonds is 3. The first kappa shape index (κ1) is 14.3. The summed E-state index contributed by atoms with van der Waals surface area (Å²) in [6.45, 7) is 3.91. The van der Waals surface area contributed by atoms with E-state index in [-0.39, 0.29) is 11.7 Å². The maximum absolute atomic E-state index is 13.3. The maximum Gasteiger partial charge on any atom is 0.307 e. The molecular weight excluding hydrogens is 269 g/mol. The average molecular weight is 286 g/mol. The first-order valence-electron chi connectivity index (χ1n) is 6.34. The molecule has 0 saturated carbocycles. The summed E-state index contributed by atoms with van der Waals surface area (Å²) >= 11 is 5.82. The number of hydrogen-bond acceptors (Lipinski definition) is 2. The number of likely N-dealkylation sites (tertiary alicyclic amines) is 1. The molecule has 0 aromatic heterocycles. The van der Waals surface area contributed by atoms with E-state index in [1.807, 2.05) is 6.92 Å². The molecule has 1 saturated heterocycles. The zero-order chi connectivity index (χ0) is 14.0. The Kier molecular flexibility index (Phi) is 4.42. The smallest absolute Gasteiger partial charge is 0.307 e. The van der Waals surface area contributed by atoms with Crippen molar-refractivity contribution in [2.75, 3.05) is 13.1 Å². The van der Waals surface area contributed by atoms with E-state index in [1.165, 1.54) is 12.1 Å². The largest absolute Gasteiger partial charge is 0.481 e. The molecule has 2 atom stereocenters. The molecule has 2 unspecified atom stereocenters. The first-order valence-corrected chi connectivity index (χ1v) is 6.72. The van der Waals surface area contributed by atoms with E-state index in [9.17, 15) is 9.18 Å². The molecule has 0 bridgehead atoms. The molecule has 1 aromatic carbocycles. The number of nitrogens with zero attached hydrogens (tertiary/aromatic N) is 1. The number of carboxylic acid groups (broad SMARTS) is 1. The molecular formula is C14H17ClFNO2. The van der Waals surface area contributed by atoms with Gasteiger partial charge in [-0.1, -0.05) is 18.5 Å². The lowest BCUT2D eigenvalue weighted by molar-refractivity contribution is -0.144. The van der Waals surface area contributed by atoms with Crippen LogP contribution in [-0.4, -0.2) is 29.1 Å². The Morgan fingerprint density at radius 2 is 2.21 bits per heavy atom. The lowest BCUT2D eigenvalue weighted by atomic mass is 9.90. The molecule has 2 rings (SSSR count). The van der Waals surface area contributed by atoms with Crippen LogP contribution in [0.4, 0.5) is 4.39 Å². The highest BCUT2D eigenvalue weighted by Crippen LogP contribution is 2.24. The highest BCUT2D eigenvalue weighted by molar-refractivity contribution is 6.30. The Morgan fingerprint density at radius 3 is 2.84 bits per heavy atom. The van der Waals surface area contributed by atoms with Gasteiger partial charge in [-0.3, -0.25) is 9.69 Å². The number of halogens is 2. The molecule has 1 heterocycles. The molecule has 5 heteroatoms. The number of aliphatic carboxylic acids is 1. The Hall–Kier alpha value is -1.13. The average Bonchev–Trinajstić information content (AvgIpc) is 2.26. The molecule has 3 nitrogen and oxygen atoms in total. The van der Waals surface area contributed by atoms with Gasteiger partial charge in [0.1, 0.15) is 5.82 Å². The molecule has 1 aliphatic heterocycles. The van der Waals surface area contributed by atoms with E-state index in [4.69, 9.17) is 16.7 Å². The second-order valence-electron chi connectivity index (χ2n) is 5.35. The Morgan fingerprint density at radius 1 is 1.47 bits per heavy atom. The van der Waals surface area contributed by atoms with Crippen molar-refractivity contribution in [2.45, 2.75) is 19.9 Å². The number of benzene rings is 1. The quantitative estimate of drug-likeness (QED) is 0.928. The van der Waals surface area contributed by atoms with Gasteiger partial charge in [0.25, 0.3) is 0 Å². The summed E-state index contributed by atoms with van der Waals surface area (Å²) < 4.78 is 13.3. The fourth-order valence-corrected chi connectivity index (χ4v) is 2.97. The fourth-order valence-electron chi connectivity index (χ4n) is 2.73. The van der Waals surface area contributed by atoms with E-state index in [1.54, 1.807) is 6.07 Å². The second-order valence-corrected chi connectivity index (χ2v) is 5.78. The summed E-state index contributed by atoms with van der Waals surface area (Å²) in [5, 5.41) is 9.49. The molecule has 1 N–H and O–H groups in total. The van der Waals surface area contributed by atoms with Gasteiger partial charge in [0.15, 0.2) is 0 Å². The van der Waals surface area contributed by atoms with Gasteiger partial charge in [0.05, 0.1) is 5.92 Å². The predicted octanol–water partition coefficient (Wildman–Crippen LogP) is 3.02. The molecule has 0 radical (unpaired) electrons. The van der Waals surface area contributed by atoms with Crippen LogP contribution in [-0.2, 0) is 11.3 Å². The number of hydrogen-bond donors (Lipinski definition) is 1. The van der Waals surface area contributed by atoms with Crippen LogP contribution in [0.15, 0.2) is 18.2 Å². The maximum atomic E-state index is 13.3. The molecule has 19 heavy (non-hydrogen) atoms. The van der Waals surface area contributed by atoms with Crippen molar-refractivity contribution in [3.05, 3.63) is 34.6 Å². The minimum Gasteiger partial charge on any atom is -0.481 e. The van der Waals surface area contributed by atoms with Crippen molar-refractivity contribution >= 4 is 17.6 Å². The van der Waals surface area contributed by atoms with E-state index < -0.39 is 5.97 Å². The standard InChI is InChI=1S/C14H17ClFNO2/c1-9-2-11(14(18)19)8-17(6-9)7-10-3-12(15)5-13(16)4-10/h3-5,9,11H,2,6-8H2,1H3,(H,18,19). The normalized spacial score (nSPS) is 24.4. The molecule has 1 aliphatic rings. The molecule has 1 fully saturated rings. The van der Waals surface area contributed by atoms with Crippen molar-refractivity contribution in [3.8, 4) is 0 Å². The second kappa shape index (κ2) is 5.88. The minimum atomic E-state index is -0.756. The third-order valence-corrected chi connectivity index (χ3v) is 3.63. The zero-order valence-electron chi connectivity index (χ0n) is 10.8. The lowest BCUT2D eigenvalue weighted by Crippen LogP contribution is -2.41. The minimum absolute atomic E-state index is 0.332. The topological polar surface area (TPSA) is 40.5 Å². The van der Waals surface area contributed by atoms with Crippen molar-refractivity contribution in [1.29, 1.82) is 0 Å². The van der Waals surface area contributed by atoms with Crippen LogP contribution in [0.1, 0.15) is 18.9 Å². The third kappa shape index (κ3) is 3.91. The summed E-state index contributed by atoms with van der Waals surface area (Å²) in [6, 6.07) is 4.44. The van der Waals surface area contributed by atoms with Crippen molar-refractivity contribution in [1.82, 2.24) is 4.90 Å². The van der Waals surface area contributed by atoms with Crippen molar-refractivity contribution in [3.63, 3.8) is 0 Å². The van der Waals surface area contributed by atoms with Gasteiger partial charge in [-0.05, 0) is 36.1 Å². The van der Waals surface area contributed by atoms with Crippen LogP contribution in [0.2, 0.25) is 5.02 Å². The Labute approximate surface area is 117 Å². The zero-order valence-corrected chi connectivity index (χ0v) is 11.5. The van der Waals surface area contributed by atoms with Crippen LogP contribution < -0.4 is 0 Å². The van der Waals surface area contributed by atoms with E-state index in [0.29, 0.717) is 30.5 Å². The molecule has 0 spiro atoms. The van der Waals surface area contributed by atoms with Gasteiger partial charge in [-0.2, -0.15) is 0 Å². The van der Waals surface area contributed by atoms with Gasteiger partial charge in [0, 0.05) is 24.7 Å². The van der Waals surface area contributed by atoms with Crippen LogP contribution >= 0.6 is 11.6 Å². The van der Waals surface area contributed by atoms with Gasteiger partial charge in [-0.25, -0.2) is 4.39 Å². The number of carbonyl (C=O) groups is 1. The summed E-state index contributed by atoms with van der Waals surface area (Å²) in [5.41, 5.74) is 0.781. The summed E-state index contributed by atoms with van der Waals surface area (Å²) in [4.78, 5) is 13.2. The predicted molar refractivity (Wildman–Crippen MR) is 71.6 cm³/mol. The monoisotopic (exact) mass is 285 g/mol. The summed E-state index contributed by atoms with van der Waals surface area (Å²) in [7, 11) is 0. The summed E-state index contributed by atoms with van der Waals surface area (Å²) in [5.74, 6) is -1.12. The molecule has 0 aliphatic carbocycles. The Bertz CT molecular complexity index is 460. The highest BCUT2D eigenvalue weighted by Gasteiger charge is 2.29. The van der Waals surface area contributed by atoms with Gasteiger partial charge < -0.3 is 5.11 Å². The summed E-state index contributed by atoms with van der Waals surface area (Å²) in [6.07, 6.45) is 0.704. The van der Waals surface area contributed by atoms with Crippen LogP contribution in [0.3, 0.4) is 0 Å². The van der Waals surface area contributed by atoms with Crippen LogP contribution in [0.5, 0.6) is 0 Å². The third-order valence-electron chi connectivity index (χ3n) is 3.41. The van der Waals surface area contributed by atoms with Crippen LogP contribution in [0, 0.1) is 17.7 Å². The Balaban J connectivity index is 2.07.